The zero-order chi connectivity index (χ0) is 6.97. The Labute approximate surface area is 58.1 Å². The molecule has 0 radical (unpaired) electrons. The fraction of sp³-hybridized carbons (Fsp3) is 0.333. The largest absolute Gasteiger partial charge is 0.313 e. The molecule has 1 N–H and O–H groups in total. The molecule has 1 aromatic heterocycles. The average molecular weight is 137 g/mol. The molecule has 1 aliphatic rings. The molecule has 0 bridgehead atoms. The highest BCUT2D eigenvalue weighted by atomic mass is 16.5. The lowest BCUT2D eigenvalue weighted by molar-refractivity contribution is -0.0973. The summed E-state index contributed by atoms with van der Waals surface area (Å²) in [5.74, 6) is 0. The molecule has 2 rings (SSSR count). The number of aromatic nitrogens is 2. The molecule has 0 amide bonds. The maximum atomic E-state index is 9.02. The fourth-order valence-corrected chi connectivity index (χ4v) is 1.08. The molecule has 0 saturated heterocycles. The molecule has 1 aromatic rings. The van der Waals surface area contributed by atoms with Crippen molar-refractivity contribution in [2.75, 3.05) is 0 Å². The van der Waals surface area contributed by atoms with Crippen molar-refractivity contribution in [1.29, 1.82) is 0 Å². The SMILES string of the molecule is ON1Cc2cncnc2C1. The Morgan fingerprint density at radius 1 is 1.50 bits per heavy atom. The Morgan fingerprint density at radius 3 is 3.20 bits per heavy atom. The molecule has 0 atom stereocenters. The summed E-state index contributed by atoms with van der Waals surface area (Å²) in [5.41, 5.74) is 1.95. The maximum Gasteiger partial charge on any atom is 0.115 e. The third-order valence-corrected chi connectivity index (χ3v) is 1.57. The molecular formula is C6H7N3O. The fourth-order valence-electron chi connectivity index (χ4n) is 1.08. The van der Waals surface area contributed by atoms with Gasteiger partial charge < -0.3 is 5.21 Å². The van der Waals surface area contributed by atoms with Gasteiger partial charge in [0, 0.05) is 11.8 Å². The van der Waals surface area contributed by atoms with Crippen molar-refractivity contribution in [2.45, 2.75) is 13.1 Å². The number of hydroxylamine groups is 2. The van der Waals surface area contributed by atoms with Crippen molar-refractivity contribution in [2.24, 2.45) is 0 Å². The van der Waals surface area contributed by atoms with Crippen LogP contribution in [0.25, 0.3) is 0 Å². The van der Waals surface area contributed by atoms with E-state index in [0.717, 1.165) is 11.3 Å². The summed E-state index contributed by atoms with van der Waals surface area (Å²) in [4.78, 5) is 7.84. The average Bonchev–Trinajstić information content (AvgIpc) is 2.27. The lowest BCUT2D eigenvalue weighted by Crippen LogP contribution is -2.08. The molecular weight excluding hydrogens is 130 g/mol. The summed E-state index contributed by atoms with van der Waals surface area (Å²) in [6.45, 7) is 1.08. The van der Waals surface area contributed by atoms with Crippen LogP contribution in [0.15, 0.2) is 12.5 Å². The number of hydrogen-bond acceptors (Lipinski definition) is 4. The van der Waals surface area contributed by atoms with Crippen LogP contribution in [0.2, 0.25) is 0 Å². The van der Waals surface area contributed by atoms with E-state index in [1.165, 1.54) is 11.4 Å². The van der Waals surface area contributed by atoms with Crippen LogP contribution in [0.5, 0.6) is 0 Å². The predicted octanol–water partition coefficient (Wildman–Crippen LogP) is 0.181. The molecule has 1 aliphatic heterocycles. The Bertz CT molecular complexity index is 226. The zero-order valence-corrected chi connectivity index (χ0v) is 5.36. The highest BCUT2D eigenvalue weighted by Crippen LogP contribution is 2.16. The Morgan fingerprint density at radius 2 is 2.40 bits per heavy atom. The van der Waals surface area contributed by atoms with Gasteiger partial charge in [0.25, 0.3) is 0 Å². The minimum Gasteiger partial charge on any atom is -0.313 e. The van der Waals surface area contributed by atoms with Gasteiger partial charge in [-0.25, -0.2) is 9.97 Å². The molecule has 0 saturated carbocycles. The van der Waals surface area contributed by atoms with Gasteiger partial charge in [0.2, 0.25) is 0 Å². The normalized spacial score (nSPS) is 17.3. The van der Waals surface area contributed by atoms with E-state index >= 15 is 0 Å². The van der Waals surface area contributed by atoms with E-state index in [9.17, 15) is 0 Å². The Kier molecular flexibility index (Phi) is 1.15. The van der Waals surface area contributed by atoms with Gasteiger partial charge in [0.1, 0.15) is 6.33 Å². The number of nitrogens with zero attached hydrogens (tertiary/aromatic N) is 3. The third kappa shape index (κ3) is 0.778. The minimum absolute atomic E-state index is 0.526. The molecule has 0 aliphatic carbocycles. The van der Waals surface area contributed by atoms with Crippen molar-refractivity contribution in [3.8, 4) is 0 Å². The minimum atomic E-state index is 0.526. The van der Waals surface area contributed by atoms with Crippen LogP contribution in [0.4, 0.5) is 0 Å². The highest BCUT2D eigenvalue weighted by molar-refractivity contribution is 5.18. The lowest BCUT2D eigenvalue weighted by Gasteiger charge is -1.99. The van der Waals surface area contributed by atoms with Gasteiger partial charge in [0.15, 0.2) is 0 Å². The topological polar surface area (TPSA) is 49.2 Å². The first-order valence-corrected chi connectivity index (χ1v) is 3.08. The monoisotopic (exact) mass is 137 g/mol. The van der Waals surface area contributed by atoms with E-state index in [1.807, 2.05) is 0 Å². The van der Waals surface area contributed by atoms with Crippen molar-refractivity contribution < 1.29 is 5.21 Å². The van der Waals surface area contributed by atoms with Crippen LogP contribution in [0, 0.1) is 0 Å². The molecule has 2 heterocycles. The van der Waals surface area contributed by atoms with Crippen molar-refractivity contribution in [3.63, 3.8) is 0 Å². The van der Waals surface area contributed by atoms with Crippen molar-refractivity contribution in [1.82, 2.24) is 15.0 Å². The van der Waals surface area contributed by atoms with E-state index < -0.39 is 0 Å². The van der Waals surface area contributed by atoms with Gasteiger partial charge >= 0.3 is 0 Å². The second-order valence-corrected chi connectivity index (χ2v) is 2.32. The first-order valence-electron chi connectivity index (χ1n) is 3.08. The Balaban J connectivity index is 2.42. The van der Waals surface area contributed by atoms with Crippen LogP contribution in [0.1, 0.15) is 11.3 Å². The van der Waals surface area contributed by atoms with Crippen LogP contribution in [-0.4, -0.2) is 20.2 Å². The van der Waals surface area contributed by atoms with Crippen LogP contribution in [0.3, 0.4) is 0 Å². The number of hydrogen-bond donors (Lipinski definition) is 1. The molecule has 10 heavy (non-hydrogen) atoms. The van der Waals surface area contributed by atoms with E-state index in [2.05, 4.69) is 9.97 Å². The molecule has 4 heteroatoms. The van der Waals surface area contributed by atoms with Gasteiger partial charge in [-0.2, -0.15) is 5.06 Å². The van der Waals surface area contributed by atoms with Crippen LogP contribution in [-0.2, 0) is 13.1 Å². The summed E-state index contributed by atoms with van der Waals surface area (Å²) in [6, 6.07) is 0. The van der Waals surface area contributed by atoms with Crippen molar-refractivity contribution >= 4 is 0 Å². The van der Waals surface area contributed by atoms with Gasteiger partial charge in [-0.15, -0.1) is 0 Å². The molecule has 0 unspecified atom stereocenters. The van der Waals surface area contributed by atoms with E-state index in [-0.39, 0.29) is 0 Å². The molecule has 0 aromatic carbocycles. The second-order valence-electron chi connectivity index (χ2n) is 2.32. The van der Waals surface area contributed by atoms with Gasteiger partial charge in [0.05, 0.1) is 18.8 Å². The standard InChI is InChI=1S/C6H7N3O/c10-9-2-5-1-7-4-8-6(5)3-9/h1,4,10H,2-3H2. The second kappa shape index (κ2) is 2.00. The molecule has 0 spiro atoms. The summed E-state index contributed by atoms with van der Waals surface area (Å²) < 4.78 is 0. The van der Waals surface area contributed by atoms with Crippen LogP contribution >= 0.6 is 0 Å². The van der Waals surface area contributed by atoms with Crippen molar-refractivity contribution in [3.05, 3.63) is 23.8 Å². The maximum absolute atomic E-state index is 9.02. The highest BCUT2D eigenvalue weighted by Gasteiger charge is 2.17. The predicted molar refractivity (Wildman–Crippen MR) is 33.1 cm³/mol. The smallest absolute Gasteiger partial charge is 0.115 e. The van der Waals surface area contributed by atoms with Crippen LogP contribution < -0.4 is 0 Å². The molecule has 4 nitrogen and oxygen atoms in total. The Hall–Kier alpha value is -1.00. The van der Waals surface area contributed by atoms with Gasteiger partial charge in [-0.3, -0.25) is 0 Å². The molecule has 0 fully saturated rings. The van der Waals surface area contributed by atoms with E-state index in [0.29, 0.717) is 13.1 Å². The van der Waals surface area contributed by atoms with E-state index in [1.54, 1.807) is 6.20 Å². The van der Waals surface area contributed by atoms with Gasteiger partial charge in [-0.1, -0.05) is 0 Å². The molecule has 52 valence electrons. The zero-order valence-electron chi connectivity index (χ0n) is 5.36. The van der Waals surface area contributed by atoms with E-state index in [4.69, 9.17) is 5.21 Å². The summed E-state index contributed by atoms with van der Waals surface area (Å²) in [5, 5.41) is 10.2. The quantitative estimate of drug-likeness (QED) is 0.554. The first-order chi connectivity index (χ1) is 4.86. The third-order valence-electron chi connectivity index (χ3n) is 1.57. The number of fused-ring (bicyclic) bond motifs is 1. The number of rotatable bonds is 0. The lowest BCUT2D eigenvalue weighted by atomic mass is 10.3. The first kappa shape index (κ1) is 5.76. The summed E-state index contributed by atoms with van der Waals surface area (Å²) in [6.07, 6.45) is 3.23. The summed E-state index contributed by atoms with van der Waals surface area (Å²) in [7, 11) is 0. The van der Waals surface area contributed by atoms with Gasteiger partial charge in [-0.05, 0) is 0 Å². The summed E-state index contributed by atoms with van der Waals surface area (Å²) >= 11 is 0.